The molecular formula is C13H21N3. The highest BCUT2D eigenvalue weighted by Crippen LogP contribution is 2.16. The number of hydrogen-bond acceptors (Lipinski definition) is 3. The molecule has 1 aromatic rings. The SMILES string of the molecule is CN(CCC1CCCNC1)c1ccncc1. The van der Waals surface area contributed by atoms with Gasteiger partial charge in [-0.15, -0.1) is 0 Å². The van der Waals surface area contributed by atoms with E-state index in [9.17, 15) is 0 Å². The third kappa shape index (κ3) is 3.20. The van der Waals surface area contributed by atoms with Gasteiger partial charge in [0.15, 0.2) is 0 Å². The second-order valence-corrected chi connectivity index (χ2v) is 4.63. The van der Waals surface area contributed by atoms with E-state index >= 15 is 0 Å². The van der Waals surface area contributed by atoms with Crippen LogP contribution >= 0.6 is 0 Å². The van der Waals surface area contributed by atoms with Crippen molar-refractivity contribution in [3.8, 4) is 0 Å². The number of nitrogens with one attached hydrogen (secondary N) is 1. The maximum absolute atomic E-state index is 4.04. The first kappa shape index (κ1) is 11.4. The minimum absolute atomic E-state index is 0.859. The Morgan fingerprint density at radius 3 is 2.94 bits per heavy atom. The summed E-state index contributed by atoms with van der Waals surface area (Å²) in [6.07, 6.45) is 7.72. The standard InChI is InChI=1S/C13H21N3/c1-16(13-4-8-14-9-5-13)10-6-12-3-2-7-15-11-12/h4-5,8-9,12,15H,2-3,6-7,10-11H2,1H3. The number of aromatic nitrogens is 1. The van der Waals surface area contributed by atoms with Gasteiger partial charge in [-0.25, -0.2) is 0 Å². The molecule has 1 saturated heterocycles. The number of piperidine rings is 1. The fourth-order valence-electron chi connectivity index (χ4n) is 2.27. The summed E-state index contributed by atoms with van der Waals surface area (Å²) in [5.74, 6) is 0.859. The summed E-state index contributed by atoms with van der Waals surface area (Å²) in [5.41, 5.74) is 1.26. The van der Waals surface area contributed by atoms with Gasteiger partial charge < -0.3 is 10.2 Å². The van der Waals surface area contributed by atoms with Gasteiger partial charge in [0.25, 0.3) is 0 Å². The Bertz CT molecular complexity index is 293. The van der Waals surface area contributed by atoms with Crippen LogP contribution in [0.25, 0.3) is 0 Å². The van der Waals surface area contributed by atoms with Crippen LogP contribution in [-0.2, 0) is 0 Å². The average molecular weight is 219 g/mol. The lowest BCUT2D eigenvalue weighted by Gasteiger charge is -2.26. The van der Waals surface area contributed by atoms with Crippen molar-refractivity contribution >= 4 is 5.69 Å². The number of pyridine rings is 1. The highest BCUT2D eigenvalue weighted by atomic mass is 15.1. The van der Waals surface area contributed by atoms with E-state index in [-0.39, 0.29) is 0 Å². The van der Waals surface area contributed by atoms with Crippen LogP contribution in [0.15, 0.2) is 24.5 Å². The summed E-state index contributed by atoms with van der Waals surface area (Å²) in [6, 6.07) is 4.14. The second-order valence-electron chi connectivity index (χ2n) is 4.63. The first-order valence-corrected chi connectivity index (χ1v) is 6.18. The zero-order chi connectivity index (χ0) is 11.2. The van der Waals surface area contributed by atoms with E-state index in [0.717, 1.165) is 12.5 Å². The van der Waals surface area contributed by atoms with Gasteiger partial charge in [0, 0.05) is 31.7 Å². The predicted molar refractivity (Wildman–Crippen MR) is 67.7 cm³/mol. The molecule has 0 amide bonds. The lowest BCUT2D eigenvalue weighted by Crippen LogP contribution is -2.32. The van der Waals surface area contributed by atoms with Crippen LogP contribution in [0.5, 0.6) is 0 Å². The summed E-state index contributed by atoms with van der Waals surface area (Å²) in [7, 11) is 2.16. The third-order valence-corrected chi connectivity index (χ3v) is 3.38. The van der Waals surface area contributed by atoms with Gasteiger partial charge >= 0.3 is 0 Å². The maximum Gasteiger partial charge on any atom is 0.0394 e. The third-order valence-electron chi connectivity index (χ3n) is 3.38. The fourth-order valence-corrected chi connectivity index (χ4v) is 2.27. The van der Waals surface area contributed by atoms with Crippen LogP contribution in [-0.4, -0.2) is 31.7 Å². The molecule has 88 valence electrons. The molecule has 16 heavy (non-hydrogen) atoms. The van der Waals surface area contributed by atoms with Crippen LogP contribution in [0, 0.1) is 5.92 Å². The molecule has 0 aromatic carbocycles. The monoisotopic (exact) mass is 219 g/mol. The smallest absolute Gasteiger partial charge is 0.0394 e. The highest BCUT2D eigenvalue weighted by molar-refractivity contribution is 5.43. The maximum atomic E-state index is 4.04. The van der Waals surface area contributed by atoms with Crippen LogP contribution in [0.2, 0.25) is 0 Å². The van der Waals surface area contributed by atoms with Gasteiger partial charge in [-0.1, -0.05) is 0 Å². The number of anilines is 1. The van der Waals surface area contributed by atoms with Gasteiger partial charge in [0.05, 0.1) is 0 Å². The molecule has 1 aliphatic heterocycles. The Labute approximate surface area is 97.9 Å². The van der Waals surface area contributed by atoms with Crippen LogP contribution in [0.4, 0.5) is 5.69 Å². The van der Waals surface area contributed by atoms with Gasteiger partial charge in [0.2, 0.25) is 0 Å². The molecule has 1 fully saturated rings. The number of hydrogen-bond donors (Lipinski definition) is 1. The van der Waals surface area contributed by atoms with Crippen molar-refractivity contribution < 1.29 is 0 Å². The summed E-state index contributed by atoms with van der Waals surface area (Å²) in [4.78, 5) is 6.36. The summed E-state index contributed by atoms with van der Waals surface area (Å²) in [6.45, 7) is 3.54. The summed E-state index contributed by atoms with van der Waals surface area (Å²) >= 11 is 0. The van der Waals surface area contributed by atoms with E-state index in [4.69, 9.17) is 0 Å². The molecular weight excluding hydrogens is 198 g/mol. The van der Waals surface area contributed by atoms with E-state index in [0.29, 0.717) is 0 Å². The molecule has 1 unspecified atom stereocenters. The zero-order valence-corrected chi connectivity index (χ0v) is 10.0. The Hall–Kier alpha value is -1.09. The molecule has 0 bridgehead atoms. The van der Waals surface area contributed by atoms with Gasteiger partial charge in [-0.2, -0.15) is 0 Å². The van der Waals surface area contributed by atoms with Crippen LogP contribution in [0.3, 0.4) is 0 Å². The molecule has 0 radical (unpaired) electrons. The number of nitrogens with zero attached hydrogens (tertiary/aromatic N) is 2. The lowest BCUT2D eigenvalue weighted by atomic mass is 9.96. The minimum Gasteiger partial charge on any atom is -0.374 e. The molecule has 3 nitrogen and oxygen atoms in total. The van der Waals surface area contributed by atoms with Crippen molar-refractivity contribution in [3.05, 3.63) is 24.5 Å². The Morgan fingerprint density at radius 1 is 1.44 bits per heavy atom. The van der Waals surface area contributed by atoms with Crippen molar-refractivity contribution in [1.29, 1.82) is 0 Å². The van der Waals surface area contributed by atoms with Crippen molar-refractivity contribution in [2.24, 2.45) is 5.92 Å². The summed E-state index contributed by atoms with van der Waals surface area (Å²) < 4.78 is 0. The fraction of sp³-hybridized carbons (Fsp3) is 0.615. The molecule has 0 aliphatic carbocycles. The first-order chi connectivity index (χ1) is 7.86. The lowest BCUT2D eigenvalue weighted by molar-refractivity contribution is 0.360. The second kappa shape index (κ2) is 5.85. The van der Waals surface area contributed by atoms with E-state index in [1.807, 2.05) is 12.4 Å². The van der Waals surface area contributed by atoms with Gasteiger partial charge in [-0.3, -0.25) is 4.98 Å². The van der Waals surface area contributed by atoms with Crippen LogP contribution in [0.1, 0.15) is 19.3 Å². The molecule has 1 aromatic heterocycles. The Kier molecular flexibility index (Phi) is 4.17. The van der Waals surface area contributed by atoms with Gasteiger partial charge in [0.1, 0.15) is 0 Å². The van der Waals surface area contributed by atoms with E-state index in [2.05, 4.69) is 34.4 Å². The largest absolute Gasteiger partial charge is 0.374 e. The predicted octanol–water partition coefficient (Wildman–Crippen LogP) is 1.91. The average Bonchev–Trinajstić information content (AvgIpc) is 2.38. The Morgan fingerprint density at radius 2 is 2.25 bits per heavy atom. The first-order valence-electron chi connectivity index (χ1n) is 6.18. The molecule has 2 rings (SSSR count). The van der Waals surface area contributed by atoms with Crippen molar-refractivity contribution in [3.63, 3.8) is 0 Å². The minimum atomic E-state index is 0.859. The number of rotatable bonds is 4. The molecule has 1 N–H and O–H groups in total. The van der Waals surface area contributed by atoms with Crippen molar-refractivity contribution in [1.82, 2.24) is 10.3 Å². The normalized spacial score (nSPS) is 20.7. The topological polar surface area (TPSA) is 28.2 Å². The quantitative estimate of drug-likeness (QED) is 0.838. The van der Waals surface area contributed by atoms with E-state index in [1.165, 1.54) is 38.0 Å². The highest BCUT2D eigenvalue weighted by Gasteiger charge is 2.13. The molecule has 3 heteroatoms. The van der Waals surface area contributed by atoms with Crippen molar-refractivity contribution in [2.75, 3.05) is 31.6 Å². The zero-order valence-electron chi connectivity index (χ0n) is 10.0. The Balaban J connectivity index is 1.77. The van der Waals surface area contributed by atoms with E-state index in [1.54, 1.807) is 0 Å². The molecule has 1 atom stereocenters. The van der Waals surface area contributed by atoms with Gasteiger partial charge in [-0.05, 0) is 50.4 Å². The molecule has 1 aliphatic rings. The van der Waals surface area contributed by atoms with E-state index < -0.39 is 0 Å². The molecule has 0 saturated carbocycles. The van der Waals surface area contributed by atoms with Crippen molar-refractivity contribution in [2.45, 2.75) is 19.3 Å². The molecule has 2 heterocycles. The molecule has 0 spiro atoms. The summed E-state index contributed by atoms with van der Waals surface area (Å²) in [5, 5.41) is 3.47. The van der Waals surface area contributed by atoms with Crippen LogP contribution < -0.4 is 10.2 Å².